The molecule has 0 N–H and O–H groups in total. The molecule has 0 radical (unpaired) electrons. The fourth-order valence-electron chi connectivity index (χ4n) is 2.53. The SMILES string of the molecule is C=C(Cn1cncn1)c1ccc(Oc2ccc(C#CS(C)(C)C)cc2)nc1C(F)(F)F. The van der Waals surface area contributed by atoms with Crippen molar-refractivity contribution in [1.82, 2.24) is 19.7 Å². The van der Waals surface area contributed by atoms with Gasteiger partial charge in [0, 0.05) is 17.2 Å². The van der Waals surface area contributed by atoms with E-state index in [1.807, 2.05) is 0 Å². The molecular weight excluding hydrogens is 425 g/mol. The van der Waals surface area contributed by atoms with Crippen LogP contribution in [0.2, 0.25) is 0 Å². The van der Waals surface area contributed by atoms with E-state index in [9.17, 15) is 13.2 Å². The van der Waals surface area contributed by atoms with Crippen molar-refractivity contribution in [2.24, 2.45) is 0 Å². The Balaban J connectivity index is 1.82. The van der Waals surface area contributed by atoms with E-state index in [0.717, 1.165) is 5.56 Å². The van der Waals surface area contributed by atoms with Crippen molar-refractivity contribution in [3.63, 3.8) is 0 Å². The first-order valence-corrected chi connectivity index (χ1v) is 11.9. The van der Waals surface area contributed by atoms with Crippen molar-refractivity contribution in [2.45, 2.75) is 12.7 Å². The molecule has 2 aromatic heterocycles. The molecule has 0 aliphatic rings. The zero-order valence-electron chi connectivity index (χ0n) is 17.3. The van der Waals surface area contributed by atoms with Gasteiger partial charge in [-0.3, -0.25) is 0 Å². The summed E-state index contributed by atoms with van der Waals surface area (Å²) in [6, 6.07) is 9.49. The Morgan fingerprint density at radius 2 is 1.84 bits per heavy atom. The van der Waals surface area contributed by atoms with E-state index < -0.39 is 21.9 Å². The lowest BCUT2D eigenvalue weighted by Crippen LogP contribution is -2.13. The monoisotopic (exact) mass is 446 g/mol. The molecule has 0 atom stereocenters. The number of allylic oxidation sites excluding steroid dienone is 1. The summed E-state index contributed by atoms with van der Waals surface area (Å²) in [6.45, 7) is 3.81. The zero-order valence-corrected chi connectivity index (χ0v) is 18.1. The summed E-state index contributed by atoms with van der Waals surface area (Å²) < 4.78 is 47.8. The molecule has 31 heavy (non-hydrogen) atoms. The van der Waals surface area contributed by atoms with Crippen LogP contribution in [0.25, 0.3) is 5.57 Å². The Kier molecular flexibility index (Phi) is 6.41. The topological polar surface area (TPSA) is 52.8 Å². The summed E-state index contributed by atoms with van der Waals surface area (Å²) in [5.74, 6) is 3.29. The first kappa shape index (κ1) is 22.4. The molecule has 0 bridgehead atoms. The van der Waals surface area contributed by atoms with E-state index in [1.54, 1.807) is 24.3 Å². The molecule has 9 heteroatoms. The lowest BCUT2D eigenvalue weighted by molar-refractivity contribution is -0.141. The smallest absolute Gasteiger partial charge is 0.434 e. The summed E-state index contributed by atoms with van der Waals surface area (Å²) in [7, 11) is -0.953. The first-order chi connectivity index (χ1) is 14.5. The Hall–Kier alpha value is -3.25. The summed E-state index contributed by atoms with van der Waals surface area (Å²) >= 11 is 0. The molecule has 3 rings (SSSR count). The predicted octanol–water partition coefficient (Wildman–Crippen LogP) is 5.20. The number of pyridine rings is 1. The highest BCUT2D eigenvalue weighted by molar-refractivity contribution is 8.35. The van der Waals surface area contributed by atoms with Gasteiger partial charge in [-0.05, 0) is 59.9 Å². The molecule has 0 aliphatic heterocycles. The normalized spacial score (nSPS) is 12.1. The van der Waals surface area contributed by atoms with Gasteiger partial charge in [0.25, 0.3) is 0 Å². The second-order valence-electron chi connectivity index (χ2n) is 7.43. The van der Waals surface area contributed by atoms with E-state index in [0.29, 0.717) is 5.75 Å². The molecule has 3 aromatic rings. The highest BCUT2D eigenvalue weighted by atomic mass is 32.3. The summed E-state index contributed by atoms with van der Waals surface area (Å²) in [4.78, 5) is 7.48. The maximum Gasteiger partial charge on any atom is 0.434 e. The van der Waals surface area contributed by atoms with Gasteiger partial charge >= 0.3 is 6.18 Å². The fraction of sp³-hybridized carbons (Fsp3) is 0.227. The number of hydrogen-bond donors (Lipinski definition) is 0. The number of nitrogens with zero attached hydrogens (tertiary/aromatic N) is 4. The van der Waals surface area contributed by atoms with Gasteiger partial charge in [0.1, 0.15) is 18.4 Å². The maximum absolute atomic E-state index is 13.6. The van der Waals surface area contributed by atoms with Crippen molar-refractivity contribution >= 4 is 15.6 Å². The summed E-state index contributed by atoms with van der Waals surface area (Å²) in [5, 5.41) is 7.09. The third-order valence-corrected chi connectivity index (χ3v) is 4.63. The van der Waals surface area contributed by atoms with E-state index >= 15 is 0 Å². The van der Waals surface area contributed by atoms with E-state index in [1.165, 1.54) is 29.5 Å². The first-order valence-electron chi connectivity index (χ1n) is 9.09. The number of benzene rings is 1. The van der Waals surface area contributed by atoms with E-state index in [2.05, 4.69) is 51.6 Å². The number of ether oxygens (including phenoxy) is 1. The van der Waals surface area contributed by atoms with Crippen LogP contribution in [-0.2, 0) is 12.7 Å². The summed E-state index contributed by atoms with van der Waals surface area (Å²) in [6.07, 6.45) is 4.30. The average Bonchev–Trinajstić information content (AvgIpc) is 3.19. The molecule has 162 valence electrons. The van der Waals surface area contributed by atoms with E-state index in [-0.39, 0.29) is 23.6 Å². The minimum Gasteiger partial charge on any atom is -0.439 e. The van der Waals surface area contributed by atoms with Gasteiger partial charge in [-0.1, -0.05) is 12.5 Å². The average molecular weight is 446 g/mol. The number of aromatic nitrogens is 4. The Labute approximate surface area is 180 Å². The van der Waals surface area contributed by atoms with Gasteiger partial charge in [0.05, 0.1) is 6.54 Å². The Morgan fingerprint density at radius 1 is 1.13 bits per heavy atom. The molecule has 0 fully saturated rings. The molecule has 0 spiro atoms. The van der Waals surface area contributed by atoms with Crippen molar-refractivity contribution in [3.8, 4) is 22.8 Å². The highest BCUT2D eigenvalue weighted by Gasteiger charge is 2.36. The molecule has 2 heterocycles. The lowest BCUT2D eigenvalue weighted by Gasteiger charge is -2.15. The van der Waals surface area contributed by atoms with Crippen molar-refractivity contribution in [3.05, 3.63) is 72.5 Å². The number of hydrogen-bond acceptors (Lipinski definition) is 4. The number of rotatable bonds is 5. The predicted molar refractivity (Wildman–Crippen MR) is 117 cm³/mol. The third-order valence-electron chi connectivity index (χ3n) is 3.92. The van der Waals surface area contributed by atoms with Crippen LogP contribution in [-0.4, -0.2) is 38.5 Å². The molecule has 1 aromatic carbocycles. The standard InChI is InChI=1S/C22H21F3N4OS/c1-16(13-29-15-26-14-27-29)19-9-10-20(28-21(19)22(23,24)25)30-18-7-5-17(6-8-18)11-12-31(2,3)4/h5-10,14-15H,1,13H2,2-4H3. The molecule has 0 amide bonds. The van der Waals surface area contributed by atoms with Gasteiger partial charge in [-0.15, -0.1) is 0 Å². The number of alkyl halides is 3. The van der Waals surface area contributed by atoms with Crippen LogP contribution in [0.1, 0.15) is 16.8 Å². The Morgan fingerprint density at radius 3 is 2.42 bits per heavy atom. The molecule has 0 unspecified atom stereocenters. The third kappa shape index (κ3) is 6.36. The highest BCUT2D eigenvalue weighted by Crippen LogP contribution is 2.36. The molecule has 0 saturated heterocycles. The maximum atomic E-state index is 13.6. The van der Waals surface area contributed by atoms with Crippen LogP contribution in [0.5, 0.6) is 11.6 Å². The molecule has 5 nitrogen and oxygen atoms in total. The van der Waals surface area contributed by atoms with Crippen LogP contribution < -0.4 is 4.74 Å². The van der Waals surface area contributed by atoms with E-state index in [4.69, 9.17) is 4.74 Å². The van der Waals surface area contributed by atoms with Crippen LogP contribution >= 0.6 is 10.0 Å². The fourth-order valence-corrected chi connectivity index (χ4v) is 2.96. The second kappa shape index (κ2) is 8.86. The quantitative estimate of drug-likeness (QED) is 0.506. The zero-order chi connectivity index (χ0) is 22.6. The number of halogens is 3. The van der Waals surface area contributed by atoms with Gasteiger partial charge in [-0.25, -0.2) is 14.6 Å². The van der Waals surface area contributed by atoms with Crippen LogP contribution in [0.4, 0.5) is 13.2 Å². The van der Waals surface area contributed by atoms with Gasteiger partial charge < -0.3 is 4.74 Å². The molecule has 0 saturated carbocycles. The van der Waals surface area contributed by atoms with Gasteiger partial charge in [-0.2, -0.15) is 28.3 Å². The minimum atomic E-state index is -4.67. The second-order valence-corrected chi connectivity index (χ2v) is 11.3. The van der Waals surface area contributed by atoms with Gasteiger partial charge in [0.2, 0.25) is 5.88 Å². The molecular formula is C22H21F3N4OS. The van der Waals surface area contributed by atoms with Gasteiger partial charge in [0.15, 0.2) is 5.69 Å². The largest absolute Gasteiger partial charge is 0.439 e. The van der Waals surface area contributed by atoms with Crippen molar-refractivity contribution in [1.29, 1.82) is 0 Å². The van der Waals surface area contributed by atoms with Crippen LogP contribution in [0.15, 0.2) is 55.6 Å². The van der Waals surface area contributed by atoms with Crippen LogP contribution in [0, 0.1) is 11.2 Å². The van der Waals surface area contributed by atoms with Crippen molar-refractivity contribution in [2.75, 3.05) is 18.8 Å². The van der Waals surface area contributed by atoms with Crippen LogP contribution in [0.3, 0.4) is 0 Å². The lowest BCUT2D eigenvalue weighted by atomic mass is 10.1. The van der Waals surface area contributed by atoms with Crippen molar-refractivity contribution < 1.29 is 17.9 Å². The molecule has 0 aliphatic carbocycles. The summed E-state index contributed by atoms with van der Waals surface area (Å²) in [5.41, 5.74) is -0.171. The minimum absolute atomic E-state index is 0.0593. The Bertz CT molecular complexity index is 1120.